The van der Waals surface area contributed by atoms with E-state index in [0.29, 0.717) is 25.1 Å². The highest BCUT2D eigenvalue weighted by molar-refractivity contribution is 7.92. The summed E-state index contributed by atoms with van der Waals surface area (Å²) in [6.07, 6.45) is 1.03. The molecule has 12 heteroatoms. The first-order chi connectivity index (χ1) is 15.1. The average molecular weight is 465 g/mol. The molecule has 1 fully saturated rings. The number of carbonyl (C=O) groups excluding carboxylic acids is 3. The van der Waals surface area contributed by atoms with Crippen molar-refractivity contribution >= 4 is 39.4 Å². The molecular formula is C20H23N3O8S. The van der Waals surface area contributed by atoms with Gasteiger partial charge in [0.25, 0.3) is 15.9 Å². The molecule has 0 unspecified atom stereocenters. The molecule has 0 radical (unpaired) electrons. The Morgan fingerprint density at radius 2 is 2.00 bits per heavy atom. The number of nitrogens with two attached hydrogens (primary N) is 1. The van der Waals surface area contributed by atoms with E-state index in [-0.39, 0.29) is 34.5 Å². The van der Waals surface area contributed by atoms with E-state index < -0.39 is 33.3 Å². The minimum Gasteiger partial charge on any atom is -0.495 e. The number of furan rings is 1. The summed E-state index contributed by atoms with van der Waals surface area (Å²) in [4.78, 5) is 37.5. The summed E-state index contributed by atoms with van der Waals surface area (Å²) in [5.74, 6) is -2.64. The molecule has 32 heavy (non-hydrogen) atoms. The Morgan fingerprint density at radius 3 is 2.56 bits per heavy atom. The number of nitrogens with one attached hydrogen (secondary N) is 1. The highest BCUT2D eigenvalue weighted by Crippen LogP contribution is 2.34. The van der Waals surface area contributed by atoms with E-state index in [1.165, 1.54) is 31.1 Å². The van der Waals surface area contributed by atoms with E-state index in [4.69, 9.17) is 19.6 Å². The number of benzene rings is 1. The molecule has 0 spiro atoms. The molecule has 1 aliphatic rings. The van der Waals surface area contributed by atoms with Crippen LogP contribution in [0.15, 0.2) is 27.5 Å². The van der Waals surface area contributed by atoms with Gasteiger partial charge in [0.1, 0.15) is 27.5 Å². The average Bonchev–Trinajstić information content (AvgIpc) is 3.29. The van der Waals surface area contributed by atoms with Crippen molar-refractivity contribution in [1.29, 1.82) is 0 Å². The number of sulfonamides is 1. The fourth-order valence-electron chi connectivity index (χ4n) is 3.44. The van der Waals surface area contributed by atoms with Crippen LogP contribution in [0.5, 0.6) is 5.75 Å². The number of primary amides is 1. The molecule has 0 atom stereocenters. The van der Waals surface area contributed by atoms with E-state index in [0.717, 1.165) is 0 Å². The number of carbonyl (C=O) groups is 3. The Hall–Kier alpha value is -3.54. The number of nitrogens with zero attached hydrogens (tertiary/aromatic N) is 1. The van der Waals surface area contributed by atoms with Gasteiger partial charge in [-0.15, -0.1) is 0 Å². The predicted molar refractivity (Wildman–Crippen MR) is 113 cm³/mol. The number of aryl methyl sites for hydroxylation is 1. The van der Waals surface area contributed by atoms with Gasteiger partial charge in [0.2, 0.25) is 11.8 Å². The van der Waals surface area contributed by atoms with Gasteiger partial charge in [-0.1, -0.05) is 0 Å². The van der Waals surface area contributed by atoms with Gasteiger partial charge in [0, 0.05) is 18.7 Å². The van der Waals surface area contributed by atoms with Crippen LogP contribution < -0.4 is 20.1 Å². The van der Waals surface area contributed by atoms with Crippen molar-refractivity contribution in [2.45, 2.75) is 31.6 Å². The minimum absolute atomic E-state index is 0.00224. The molecule has 2 heterocycles. The zero-order chi connectivity index (χ0) is 23.6. The Morgan fingerprint density at radius 1 is 1.28 bits per heavy atom. The lowest BCUT2D eigenvalue weighted by atomic mass is 10.1. The van der Waals surface area contributed by atoms with Crippen LogP contribution in [0.2, 0.25) is 0 Å². The van der Waals surface area contributed by atoms with Crippen molar-refractivity contribution in [2.75, 3.05) is 29.9 Å². The molecule has 3 rings (SSSR count). The summed E-state index contributed by atoms with van der Waals surface area (Å²) >= 11 is 0. The van der Waals surface area contributed by atoms with Crippen LogP contribution in [0.25, 0.3) is 0 Å². The number of hydrogen-bond donors (Lipinski definition) is 2. The Balaban J connectivity index is 2.06. The van der Waals surface area contributed by atoms with Crippen molar-refractivity contribution in [2.24, 2.45) is 5.73 Å². The highest BCUT2D eigenvalue weighted by Gasteiger charge is 2.32. The lowest BCUT2D eigenvalue weighted by molar-refractivity contribution is -0.117. The Kier molecular flexibility index (Phi) is 6.44. The molecule has 1 aromatic carbocycles. The fourth-order valence-corrected chi connectivity index (χ4v) is 4.63. The summed E-state index contributed by atoms with van der Waals surface area (Å²) in [7, 11) is -3.10. The number of amides is 2. The van der Waals surface area contributed by atoms with Crippen LogP contribution in [0.1, 0.15) is 46.2 Å². The van der Waals surface area contributed by atoms with Crippen molar-refractivity contribution in [3.63, 3.8) is 0 Å². The number of rotatable bonds is 8. The SMILES string of the molecule is CCOC(=O)c1c(C)oc(NS(=O)(=O)c2cc(N3CCCC3=O)ccc2OC)c1C(N)=O. The third-order valence-corrected chi connectivity index (χ3v) is 6.21. The molecule has 172 valence electrons. The van der Waals surface area contributed by atoms with Crippen molar-refractivity contribution in [1.82, 2.24) is 0 Å². The lowest BCUT2D eigenvalue weighted by Gasteiger charge is -2.18. The first-order valence-electron chi connectivity index (χ1n) is 9.72. The monoisotopic (exact) mass is 465 g/mol. The van der Waals surface area contributed by atoms with Crippen LogP contribution >= 0.6 is 0 Å². The quantitative estimate of drug-likeness (QED) is 0.559. The smallest absolute Gasteiger partial charge is 0.342 e. The van der Waals surface area contributed by atoms with E-state index >= 15 is 0 Å². The van der Waals surface area contributed by atoms with Gasteiger partial charge in [-0.2, -0.15) is 0 Å². The third-order valence-electron chi connectivity index (χ3n) is 4.86. The van der Waals surface area contributed by atoms with Crippen molar-refractivity contribution in [3.05, 3.63) is 35.1 Å². The summed E-state index contributed by atoms with van der Waals surface area (Å²) in [5.41, 5.74) is 5.06. The van der Waals surface area contributed by atoms with Crippen LogP contribution in [0, 0.1) is 6.92 Å². The van der Waals surface area contributed by atoms with Gasteiger partial charge in [-0.3, -0.25) is 9.59 Å². The second-order valence-electron chi connectivity index (χ2n) is 6.91. The summed E-state index contributed by atoms with van der Waals surface area (Å²) in [6, 6.07) is 4.28. The topological polar surface area (TPSA) is 158 Å². The van der Waals surface area contributed by atoms with Gasteiger partial charge < -0.3 is 24.5 Å². The standard InChI is InChI=1S/C20H23N3O8S/c1-4-30-20(26)16-11(2)31-19(17(16)18(21)25)22-32(27,28)14-10-12(7-8-13(14)29-3)23-9-5-6-15(23)24/h7-8,10,22H,4-6,9H2,1-3H3,(H2,21,25). The molecular weight excluding hydrogens is 442 g/mol. The molecule has 1 aromatic heterocycles. The first-order valence-corrected chi connectivity index (χ1v) is 11.2. The van der Waals surface area contributed by atoms with Gasteiger partial charge in [-0.25, -0.2) is 17.9 Å². The van der Waals surface area contributed by atoms with Crippen LogP contribution in [0.4, 0.5) is 11.6 Å². The van der Waals surface area contributed by atoms with Gasteiger partial charge in [0.15, 0.2) is 0 Å². The Labute approximate surface area is 184 Å². The van der Waals surface area contributed by atoms with Crippen LogP contribution in [-0.4, -0.2) is 46.5 Å². The van der Waals surface area contributed by atoms with Gasteiger partial charge in [-0.05, 0) is 38.5 Å². The maximum atomic E-state index is 13.2. The fraction of sp³-hybridized carbons (Fsp3) is 0.350. The van der Waals surface area contributed by atoms with Gasteiger partial charge in [0.05, 0.1) is 13.7 Å². The first kappa shape index (κ1) is 23.1. The maximum absolute atomic E-state index is 13.2. The summed E-state index contributed by atoms with van der Waals surface area (Å²) in [5, 5.41) is 0. The summed E-state index contributed by atoms with van der Waals surface area (Å²) in [6.45, 7) is 3.44. The maximum Gasteiger partial charge on any atom is 0.342 e. The number of ether oxygens (including phenoxy) is 2. The molecule has 1 aliphatic heterocycles. The normalized spacial score (nSPS) is 13.8. The molecule has 0 aliphatic carbocycles. The molecule has 1 saturated heterocycles. The number of methoxy groups -OCH3 is 1. The molecule has 2 aromatic rings. The third kappa shape index (κ3) is 4.26. The van der Waals surface area contributed by atoms with E-state index in [9.17, 15) is 22.8 Å². The summed E-state index contributed by atoms with van der Waals surface area (Å²) < 4.78 is 44.0. The predicted octanol–water partition coefficient (Wildman–Crippen LogP) is 1.80. The lowest BCUT2D eigenvalue weighted by Crippen LogP contribution is -2.24. The second kappa shape index (κ2) is 8.91. The number of anilines is 2. The molecule has 0 bridgehead atoms. The molecule has 0 saturated carbocycles. The number of esters is 1. The zero-order valence-electron chi connectivity index (χ0n) is 17.8. The van der Waals surface area contributed by atoms with Crippen molar-refractivity contribution < 1.29 is 36.7 Å². The van der Waals surface area contributed by atoms with Crippen LogP contribution in [0.3, 0.4) is 0 Å². The second-order valence-corrected chi connectivity index (χ2v) is 8.56. The van der Waals surface area contributed by atoms with Gasteiger partial charge >= 0.3 is 5.97 Å². The van der Waals surface area contributed by atoms with E-state index in [1.54, 1.807) is 13.0 Å². The Bertz CT molecular complexity index is 1190. The largest absolute Gasteiger partial charge is 0.495 e. The molecule has 2 amide bonds. The number of hydrogen-bond acceptors (Lipinski definition) is 8. The van der Waals surface area contributed by atoms with E-state index in [1.807, 2.05) is 0 Å². The molecule has 3 N–H and O–H groups in total. The molecule has 11 nitrogen and oxygen atoms in total. The minimum atomic E-state index is -4.39. The van der Waals surface area contributed by atoms with Crippen LogP contribution in [-0.2, 0) is 19.6 Å². The highest BCUT2D eigenvalue weighted by atomic mass is 32.2. The van der Waals surface area contributed by atoms with Crippen molar-refractivity contribution in [3.8, 4) is 5.75 Å². The zero-order valence-corrected chi connectivity index (χ0v) is 18.6. The van der Waals surface area contributed by atoms with E-state index in [2.05, 4.69) is 4.72 Å².